The highest BCUT2D eigenvalue weighted by atomic mass is 79.9. The Morgan fingerprint density at radius 1 is 1.33 bits per heavy atom. The second kappa shape index (κ2) is 6.05. The lowest BCUT2D eigenvalue weighted by Crippen LogP contribution is -2.59. The van der Waals surface area contributed by atoms with E-state index in [-0.39, 0.29) is 6.10 Å². The van der Waals surface area contributed by atoms with E-state index in [4.69, 9.17) is 4.74 Å². The van der Waals surface area contributed by atoms with E-state index in [1.807, 2.05) is 13.8 Å². The number of amides is 1. The lowest BCUT2D eigenvalue weighted by Gasteiger charge is -2.38. The van der Waals surface area contributed by atoms with E-state index < -0.39 is 17.4 Å². The lowest BCUT2D eigenvalue weighted by atomic mass is 9.76. The number of nitrogens with one attached hydrogen (secondary N) is 1. The number of ether oxygens (including phenoxy) is 1. The molecule has 21 heavy (non-hydrogen) atoms. The molecule has 0 aromatic heterocycles. The number of benzene rings is 1. The number of aliphatic carboxylic acids is 1. The Morgan fingerprint density at radius 3 is 2.48 bits per heavy atom. The normalized spacial score (nSPS) is 16.2. The van der Waals surface area contributed by atoms with Crippen molar-refractivity contribution in [3.8, 4) is 5.75 Å². The van der Waals surface area contributed by atoms with E-state index in [0.29, 0.717) is 28.6 Å². The van der Waals surface area contributed by atoms with E-state index in [0.717, 1.165) is 6.42 Å². The molecule has 5 nitrogen and oxygen atoms in total. The molecule has 1 aliphatic carbocycles. The third kappa shape index (κ3) is 3.56. The largest absolute Gasteiger partial charge is 0.491 e. The molecule has 2 rings (SSSR count). The number of hydrogen-bond acceptors (Lipinski definition) is 3. The fourth-order valence-corrected chi connectivity index (χ4v) is 2.72. The minimum Gasteiger partial charge on any atom is -0.491 e. The van der Waals surface area contributed by atoms with Gasteiger partial charge in [-0.1, -0.05) is 15.9 Å². The van der Waals surface area contributed by atoms with Crippen molar-refractivity contribution < 1.29 is 19.4 Å². The Morgan fingerprint density at radius 2 is 2.00 bits per heavy atom. The number of hydrogen-bond donors (Lipinski definition) is 2. The van der Waals surface area contributed by atoms with Gasteiger partial charge < -0.3 is 15.2 Å². The van der Waals surface area contributed by atoms with Crippen molar-refractivity contribution in [2.75, 3.05) is 0 Å². The van der Waals surface area contributed by atoms with Crippen LogP contribution in [0.15, 0.2) is 22.7 Å². The molecule has 0 spiro atoms. The summed E-state index contributed by atoms with van der Waals surface area (Å²) in [5.74, 6) is -0.801. The molecular weight excluding hydrogens is 338 g/mol. The van der Waals surface area contributed by atoms with Crippen molar-refractivity contribution in [2.45, 2.75) is 44.8 Å². The molecule has 1 aromatic carbocycles. The van der Waals surface area contributed by atoms with Gasteiger partial charge in [-0.05, 0) is 51.3 Å². The van der Waals surface area contributed by atoms with Gasteiger partial charge in [0.25, 0.3) is 5.91 Å². The predicted molar refractivity (Wildman–Crippen MR) is 81.6 cm³/mol. The van der Waals surface area contributed by atoms with Crippen molar-refractivity contribution in [3.05, 3.63) is 28.2 Å². The molecular formula is C15H18BrNO4. The first kappa shape index (κ1) is 15.8. The molecule has 0 bridgehead atoms. The second-order valence-electron chi connectivity index (χ2n) is 5.54. The van der Waals surface area contributed by atoms with Crippen LogP contribution in [0.5, 0.6) is 5.75 Å². The molecule has 0 heterocycles. The third-order valence-corrected chi connectivity index (χ3v) is 3.93. The number of carbonyl (C=O) groups excluding carboxylic acids is 1. The van der Waals surface area contributed by atoms with Crippen molar-refractivity contribution in [3.63, 3.8) is 0 Å². The van der Waals surface area contributed by atoms with Gasteiger partial charge in [-0.15, -0.1) is 0 Å². The molecule has 6 heteroatoms. The second-order valence-corrected chi connectivity index (χ2v) is 6.45. The number of carboxylic acid groups (broad SMARTS) is 1. The average molecular weight is 356 g/mol. The topological polar surface area (TPSA) is 75.6 Å². The zero-order valence-corrected chi connectivity index (χ0v) is 13.6. The van der Waals surface area contributed by atoms with E-state index in [2.05, 4.69) is 21.2 Å². The number of halogens is 1. The van der Waals surface area contributed by atoms with Gasteiger partial charge >= 0.3 is 5.97 Å². The Hall–Kier alpha value is -1.56. The maximum atomic E-state index is 12.3. The van der Waals surface area contributed by atoms with Gasteiger partial charge in [-0.2, -0.15) is 0 Å². The van der Waals surface area contributed by atoms with Crippen LogP contribution in [0.25, 0.3) is 0 Å². The molecule has 2 N–H and O–H groups in total. The molecule has 114 valence electrons. The molecule has 1 amide bonds. The lowest BCUT2D eigenvalue weighted by molar-refractivity contribution is -0.148. The van der Waals surface area contributed by atoms with Crippen LogP contribution in [0.4, 0.5) is 0 Å². The molecule has 0 unspecified atom stereocenters. The maximum absolute atomic E-state index is 12.3. The third-order valence-electron chi connectivity index (χ3n) is 3.47. The highest BCUT2D eigenvalue weighted by molar-refractivity contribution is 9.10. The fraction of sp³-hybridized carbons (Fsp3) is 0.467. The van der Waals surface area contributed by atoms with E-state index in [1.165, 1.54) is 0 Å². The molecule has 1 fully saturated rings. The van der Waals surface area contributed by atoms with Gasteiger partial charge in [0.1, 0.15) is 11.3 Å². The molecule has 0 saturated heterocycles. The van der Waals surface area contributed by atoms with Gasteiger partial charge in [0.15, 0.2) is 0 Å². The first-order valence-electron chi connectivity index (χ1n) is 6.85. The SMILES string of the molecule is CC(C)Oc1cc(Br)cc(C(=O)NC2(C(=O)O)CCC2)c1. The highest BCUT2D eigenvalue weighted by Crippen LogP contribution is 2.32. The van der Waals surface area contributed by atoms with Gasteiger partial charge in [-0.25, -0.2) is 4.79 Å². The van der Waals surface area contributed by atoms with Crippen LogP contribution in [0, 0.1) is 0 Å². The minimum atomic E-state index is -1.11. The molecule has 0 atom stereocenters. The van der Waals surface area contributed by atoms with Crippen LogP contribution in [0.2, 0.25) is 0 Å². The van der Waals surface area contributed by atoms with Crippen LogP contribution in [-0.2, 0) is 4.79 Å². The summed E-state index contributed by atoms with van der Waals surface area (Å²) in [4.78, 5) is 23.6. The first-order chi connectivity index (χ1) is 9.82. The van der Waals surface area contributed by atoms with Crippen molar-refractivity contribution >= 4 is 27.8 Å². The Kier molecular flexibility index (Phi) is 4.56. The monoisotopic (exact) mass is 355 g/mol. The molecule has 1 aromatic rings. The Labute approximate surface area is 131 Å². The van der Waals surface area contributed by atoms with Crippen LogP contribution in [0.3, 0.4) is 0 Å². The van der Waals surface area contributed by atoms with E-state index >= 15 is 0 Å². The molecule has 1 saturated carbocycles. The van der Waals surface area contributed by atoms with Gasteiger partial charge in [0.05, 0.1) is 6.10 Å². The minimum absolute atomic E-state index is 0.00722. The molecule has 0 radical (unpaired) electrons. The summed E-state index contributed by atoms with van der Waals surface area (Å²) in [6.45, 7) is 3.79. The zero-order chi connectivity index (χ0) is 15.6. The average Bonchev–Trinajstić information content (AvgIpc) is 2.31. The summed E-state index contributed by atoms with van der Waals surface area (Å²) in [6.07, 6.45) is 1.74. The maximum Gasteiger partial charge on any atom is 0.329 e. The summed E-state index contributed by atoms with van der Waals surface area (Å²) < 4.78 is 6.29. The summed E-state index contributed by atoms with van der Waals surface area (Å²) >= 11 is 3.33. The van der Waals surface area contributed by atoms with E-state index in [1.54, 1.807) is 18.2 Å². The zero-order valence-electron chi connectivity index (χ0n) is 12.0. The number of rotatable bonds is 5. The van der Waals surface area contributed by atoms with Gasteiger partial charge in [-0.3, -0.25) is 4.79 Å². The first-order valence-corrected chi connectivity index (χ1v) is 7.65. The predicted octanol–water partition coefficient (Wildman–Crippen LogP) is 2.97. The molecule has 1 aliphatic rings. The van der Waals surface area contributed by atoms with Gasteiger partial charge in [0, 0.05) is 10.0 Å². The van der Waals surface area contributed by atoms with Crippen LogP contribution < -0.4 is 10.1 Å². The fourth-order valence-electron chi connectivity index (χ4n) is 2.25. The van der Waals surface area contributed by atoms with Crippen LogP contribution in [-0.4, -0.2) is 28.6 Å². The Bertz CT molecular complexity index is 567. The quantitative estimate of drug-likeness (QED) is 0.851. The van der Waals surface area contributed by atoms with Crippen molar-refractivity contribution in [1.29, 1.82) is 0 Å². The Balaban J connectivity index is 2.19. The van der Waals surface area contributed by atoms with Crippen molar-refractivity contribution in [1.82, 2.24) is 5.32 Å². The van der Waals surface area contributed by atoms with E-state index in [9.17, 15) is 14.7 Å². The summed E-state index contributed by atoms with van der Waals surface area (Å²) in [6, 6.07) is 5.04. The standard InChI is InChI=1S/C15H18BrNO4/c1-9(2)21-12-7-10(6-11(16)8-12)13(18)17-15(14(19)20)4-3-5-15/h6-9H,3-5H2,1-2H3,(H,17,18)(H,19,20). The van der Waals surface area contributed by atoms with Gasteiger partial charge in [0.2, 0.25) is 0 Å². The summed E-state index contributed by atoms with van der Waals surface area (Å²) in [7, 11) is 0. The highest BCUT2D eigenvalue weighted by Gasteiger charge is 2.45. The smallest absolute Gasteiger partial charge is 0.329 e. The number of carbonyl (C=O) groups is 2. The summed E-state index contributed by atoms with van der Waals surface area (Å²) in [5.41, 5.74) is -0.731. The molecule has 0 aliphatic heterocycles. The van der Waals surface area contributed by atoms with Crippen LogP contribution >= 0.6 is 15.9 Å². The van der Waals surface area contributed by atoms with Crippen LogP contribution in [0.1, 0.15) is 43.5 Å². The number of carboxylic acids is 1. The van der Waals surface area contributed by atoms with Crippen molar-refractivity contribution in [2.24, 2.45) is 0 Å². The summed E-state index contributed by atoms with van der Waals surface area (Å²) in [5, 5.41) is 11.9.